The normalized spacial score (nSPS) is 33.1. The molecule has 0 nitrogen and oxygen atoms in total. The Hall–Kier alpha value is -1.37. The van der Waals surface area contributed by atoms with Crippen LogP contribution in [0.25, 0.3) is 0 Å². The van der Waals surface area contributed by atoms with Crippen LogP contribution in [0.15, 0.2) is 42.8 Å². The minimum atomic E-state index is 0.506. The zero-order valence-corrected chi connectivity index (χ0v) is 17.6. The highest BCUT2D eigenvalue weighted by Crippen LogP contribution is 2.48. The van der Waals surface area contributed by atoms with Crippen LogP contribution in [0.2, 0.25) is 0 Å². The standard InChI is InChI=1S/C27H37F/c1-2-3-4-5-20-6-8-24-18-26(12-10-22(24)16-20)27-13-11-23-17-21(14-15-28)7-9-25(23)19-27/h2-3,6,8,14-16,21,23,25-27H,4-5,7,9-13,17-19H2,1H3/t21-,23?,25+,26?,27?/m0/s1. The van der Waals surface area contributed by atoms with Crippen LogP contribution in [0.3, 0.4) is 0 Å². The summed E-state index contributed by atoms with van der Waals surface area (Å²) in [6.45, 7) is 2.10. The van der Waals surface area contributed by atoms with Crippen LogP contribution in [-0.4, -0.2) is 0 Å². The highest BCUT2D eigenvalue weighted by molar-refractivity contribution is 5.34. The second-order valence-corrected chi connectivity index (χ2v) is 9.70. The number of fused-ring (bicyclic) bond motifs is 2. The summed E-state index contributed by atoms with van der Waals surface area (Å²) < 4.78 is 12.5. The number of hydrogen-bond donors (Lipinski definition) is 0. The van der Waals surface area contributed by atoms with Gasteiger partial charge in [-0.2, -0.15) is 0 Å². The van der Waals surface area contributed by atoms with Gasteiger partial charge in [-0.15, -0.1) is 0 Å². The summed E-state index contributed by atoms with van der Waals surface area (Å²) in [5.41, 5.74) is 4.77. The molecule has 28 heavy (non-hydrogen) atoms. The molecule has 1 heteroatoms. The molecule has 4 rings (SSSR count). The lowest BCUT2D eigenvalue weighted by molar-refractivity contribution is 0.0809. The molecule has 0 aliphatic heterocycles. The van der Waals surface area contributed by atoms with Gasteiger partial charge in [0.25, 0.3) is 0 Å². The van der Waals surface area contributed by atoms with E-state index in [4.69, 9.17) is 0 Å². The first-order chi connectivity index (χ1) is 13.8. The molecule has 5 atom stereocenters. The minimum Gasteiger partial charge on any atom is -0.216 e. The van der Waals surface area contributed by atoms with Crippen molar-refractivity contribution in [3.05, 3.63) is 59.4 Å². The smallest absolute Gasteiger partial charge is 0.0829 e. The van der Waals surface area contributed by atoms with E-state index >= 15 is 0 Å². The molecule has 0 heterocycles. The summed E-state index contributed by atoms with van der Waals surface area (Å²) in [6, 6.07) is 7.31. The Balaban J connectivity index is 1.34. The van der Waals surface area contributed by atoms with Crippen LogP contribution < -0.4 is 0 Å². The lowest BCUT2D eigenvalue weighted by atomic mass is 9.61. The van der Waals surface area contributed by atoms with Gasteiger partial charge in [-0.25, -0.2) is 4.39 Å². The Labute approximate surface area is 171 Å². The number of halogens is 1. The quantitative estimate of drug-likeness (QED) is 0.461. The summed E-state index contributed by atoms with van der Waals surface area (Å²) in [4.78, 5) is 0. The van der Waals surface area contributed by atoms with E-state index < -0.39 is 0 Å². The fourth-order valence-electron chi connectivity index (χ4n) is 6.48. The van der Waals surface area contributed by atoms with E-state index in [0.717, 1.165) is 36.4 Å². The van der Waals surface area contributed by atoms with Gasteiger partial charge in [-0.3, -0.25) is 0 Å². The molecule has 0 aromatic heterocycles. The van der Waals surface area contributed by atoms with Crippen LogP contribution in [0.5, 0.6) is 0 Å². The van der Waals surface area contributed by atoms with E-state index in [0.29, 0.717) is 5.92 Å². The lowest BCUT2D eigenvalue weighted by Crippen LogP contribution is -2.34. The summed E-state index contributed by atoms with van der Waals surface area (Å²) in [5.74, 6) is 4.11. The lowest BCUT2D eigenvalue weighted by Gasteiger charge is -2.44. The summed E-state index contributed by atoms with van der Waals surface area (Å²) in [7, 11) is 0. The third kappa shape index (κ3) is 4.61. The van der Waals surface area contributed by atoms with Crippen molar-refractivity contribution < 1.29 is 4.39 Å². The van der Waals surface area contributed by atoms with Gasteiger partial charge in [0.1, 0.15) is 0 Å². The molecule has 2 fully saturated rings. The second-order valence-electron chi connectivity index (χ2n) is 9.70. The van der Waals surface area contributed by atoms with Gasteiger partial charge in [0.05, 0.1) is 6.33 Å². The molecule has 0 spiro atoms. The zero-order valence-electron chi connectivity index (χ0n) is 17.6. The van der Waals surface area contributed by atoms with Crippen molar-refractivity contribution in [3.8, 4) is 0 Å². The molecule has 0 bridgehead atoms. The maximum Gasteiger partial charge on any atom is 0.0829 e. The Morgan fingerprint density at radius 1 is 0.929 bits per heavy atom. The topological polar surface area (TPSA) is 0 Å². The molecule has 3 unspecified atom stereocenters. The molecule has 1 aromatic rings. The number of aryl methyl sites for hydroxylation is 2. The van der Waals surface area contributed by atoms with E-state index in [1.54, 1.807) is 11.1 Å². The maximum absolute atomic E-state index is 12.5. The fourth-order valence-corrected chi connectivity index (χ4v) is 6.48. The largest absolute Gasteiger partial charge is 0.216 e. The van der Waals surface area contributed by atoms with Crippen molar-refractivity contribution in [2.45, 2.75) is 77.6 Å². The molecule has 3 aliphatic rings. The van der Waals surface area contributed by atoms with Crippen LogP contribution in [0.4, 0.5) is 4.39 Å². The van der Waals surface area contributed by atoms with Gasteiger partial charge in [0.15, 0.2) is 0 Å². The highest BCUT2D eigenvalue weighted by Gasteiger charge is 2.38. The van der Waals surface area contributed by atoms with Gasteiger partial charge in [-0.1, -0.05) is 36.4 Å². The van der Waals surface area contributed by atoms with E-state index in [9.17, 15) is 4.39 Å². The van der Waals surface area contributed by atoms with Crippen LogP contribution in [0, 0.1) is 29.6 Å². The monoisotopic (exact) mass is 380 g/mol. The van der Waals surface area contributed by atoms with Gasteiger partial charge >= 0.3 is 0 Å². The van der Waals surface area contributed by atoms with E-state index in [1.807, 2.05) is 6.08 Å². The SMILES string of the molecule is CC=CCCc1ccc2c(c1)CCC(C1CCC3C[C@H](C=CF)CC[C@@H]3C1)C2. The molecular weight excluding hydrogens is 343 g/mol. The Kier molecular flexibility index (Phi) is 6.70. The third-order valence-electron chi connectivity index (χ3n) is 8.08. The molecule has 0 N–H and O–H groups in total. The van der Waals surface area contributed by atoms with Gasteiger partial charge in [0, 0.05) is 0 Å². The van der Waals surface area contributed by atoms with E-state index in [2.05, 4.69) is 37.3 Å². The zero-order chi connectivity index (χ0) is 19.3. The molecule has 2 saturated carbocycles. The van der Waals surface area contributed by atoms with Crippen LogP contribution >= 0.6 is 0 Å². The van der Waals surface area contributed by atoms with E-state index in [-0.39, 0.29) is 0 Å². The first-order valence-corrected chi connectivity index (χ1v) is 11.8. The van der Waals surface area contributed by atoms with Gasteiger partial charge in [0.2, 0.25) is 0 Å². The number of rotatable bonds is 5. The molecule has 1 aromatic carbocycles. The van der Waals surface area contributed by atoms with Crippen LogP contribution in [0.1, 0.15) is 75.0 Å². The summed E-state index contributed by atoms with van der Waals surface area (Å²) in [5, 5.41) is 0. The first kappa shape index (κ1) is 19.9. The average Bonchev–Trinajstić information content (AvgIpc) is 2.73. The van der Waals surface area contributed by atoms with Crippen LogP contribution in [-0.2, 0) is 19.3 Å². The summed E-state index contributed by atoms with van der Waals surface area (Å²) in [6.07, 6.45) is 21.3. The molecular formula is C27H37F. The fraction of sp³-hybridized carbons (Fsp3) is 0.630. The molecule has 152 valence electrons. The minimum absolute atomic E-state index is 0.506. The predicted molar refractivity (Wildman–Crippen MR) is 117 cm³/mol. The average molecular weight is 381 g/mol. The molecule has 0 radical (unpaired) electrons. The second kappa shape index (κ2) is 9.42. The summed E-state index contributed by atoms with van der Waals surface area (Å²) >= 11 is 0. The third-order valence-corrected chi connectivity index (χ3v) is 8.08. The highest BCUT2D eigenvalue weighted by atomic mass is 19.1. The molecule has 0 saturated heterocycles. The first-order valence-electron chi connectivity index (χ1n) is 11.8. The Morgan fingerprint density at radius 3 is 2.54 bits per heavy atom. The number of benzene rings is 1. The van der Waals surface area contributed by atoms with Crippen molar-refractivity contribution in [1.29, 1.82) is 0 Å². The number of allylic oxidation sites excluding steroid dienone is 3. The maximum atomic E-state index is 12.5. The van der Waals surface area contributed by atoms with Crippen molar-refractivity contribution in [2.75, 3.05) is 0 Å². The Morgan fingerprint density at radius 2 is 1.71 bits per heavy atom. The van der Waals surface area contributed by atoms with Gasteiger partial charge in [-0.05, 0) is 124 Å². The number of hydrogen-bond acceptors (Lipinski definition) is 0. The van der Waals surface area contributed by atoms with Crippen molar-refractivity contribution >= 4 is 0 Å². The predicted octanol–water partition coefficient (Wildman–Crippen LogP) is 7.62. The van der Waals surface area contributed by atoms with Gasteiger partial charge < -0.3 is 0 Å². The van der Waals surface area contributed by atoms with Crippen molar-refractivity contribution in [3.63, 3.8) is 0 Å². The molecule has 3 aliphatic carbocycles. The molecule has 0 amide bonds. The van der Waals surface area contributed by atoms with Crippen molar-refractivity contribution in [1.82, 2.24) is 0 Å². The Bertz CT molecular complexity index is 700. The van der Waals surface area contributed by atoms with E-state index in [1.165, 1.54) is 69.8 Å². The van der Waals surface area contributed by atoms with Crippen molar-refractivity contribution in [2.24, 2.45) is 29.6 Å².